The van der Waals surface area contributed by atoms with Crippen LogP contribution in [0.25, 0.3) is 0 Å². The smallest absolute Gasteiger partial charge is 0.319 e. The Balaban J connectivity index is 1.50. The minimum absolute atomic E-state index is 0.0466. The largest absolute Gasteiger partial charge is 0.335 e. The Morgan fingerprint density at radius 3 is 2.32 bits per heavy atom. The van der Waals surface area contributed by atoms with Crippen LogP contribution in [0.5, 0.6) is 0 Å². The topological polar surface area (TPSA) is 70.2 Å². The van der Waals surface area contributed by atoms with Gasteiger partial charge in [-0.2, -0.15) is 0 Å². The van der Waals surface area contributed by atoms with Gasteiger partial charge >= 0.3 is 6.03 Å². The fraction of sp³-hybridized carbons (Fsp3) is 0.250. The zero-order valence-corrected chi connectivity index (χ0v) is 12.8. The highest BCUT2D eigenvalue weighted by molar-refractivity contribution is 7.10. The third kappa shape index (κ3) is 4.33. The van der Waals surface area contributed by atoms with E-state index in [0.717, 1.165) is 23.4 Å². The second kappa shape index (κ2) is 6.62. The Kier molecular flexibility index (Phi) is 4.39. The summed E-state index contributed by atoms with van der Waals surface area (Å²) < 4.78 is 0. The number of carbonyl (C=O) groups is 2. The highest BCUT2D eigenvalue weighted by atomic mass is 32.1. The van der Waals surface area contributed by atoms with Gasteiger partial charge in [0.05, 0.1) is 6.42 Å². The molecule has 22 heavy (non-hydrogen) atoms. The van der Waals surface area contributed by atoms with Crippen molar-refractivity contribution in [3.63, 3.8) is 0 Å². The number of hydrogen-bond acceptors (Lipinski definition) is 3. The second-order valence-electron chi connectivity index (χ2n) is 5.25. The molecule has 1 aliphatic rings. The van der Waals surface area contributed by atoms with Crippen LogP contribution < -0.4 is 16.0 Å². The van der Waals surface area contributed by atoms with Crippen molar-refractivity contribution in [2.24, 2.45) is 0 Å². The number of rotatable bonds is 5. The van der Waals surface area contributed by atoms with Gasteiger partial charge < -0.3 is 16.0 Å². The summed E-state index contributed by atoms with van der Waals surface area (Å²) in [6.07, 6.45) is 2.49. The zero-order valence-electron chi connectivity index (χ0n) is 12.0. The summed E-state index contributed by atoms with van der Waals surface area (Å²) in [5.74, 6) is -0.0466. The molecule has 6 heteroatoms. The van der Waals surface area contributed by atoms with Crippen LogP contribution in [0.1, 0.15) is 17.7 Å². The molecule has 0 atom stereocenters. The van der Waals surface area contributed by atoms with E-state index in [0.29, 0.717) is 18.2 Å². The number of urea groups is 1. The van der Waals surface area contributed by atoms with E-state index in [4.69, 9.17) is 0 Å². The van der Waals surface area contributed by atoms with E-state index in [-0.39, 0.29) is 11.9 Å². The first-order chi connectivity index (χ1) is 10.7. The molecule has 1 aromatic carbocycles. The van der Waals surface area contributed by atoms with Gasteiger partial charge in [0, 0.05) is 22.3 Å². The molecule has 114 valence electrons. The normalized spacial score (nSPS) is 13.5. The average molecular weight is 315 g/mol. The highest BCUT2D eigenvalue weighted by Gasteiger charge is 2.23. The molecular weight excluding hydrogens is 298 g/mol. The quantitative estimate of drug-likeness (QED) is 0.793. The van der Waals surface area contributed by atoms with E-state index in [1.54, 1.807) is 35.6 Å². The standard InChI is InChI=1S/C16H17N3O2S/c20-15(10-14-2-1-9-22-14)17-11-3-5-12(6-4-11)18-16(21)19-13-7-8-13/h1-6,9,13H,7-8,10H2,(H,17,20)(H2,18,19,21). The second-order valence-corrected chi connectivity index (χ2v) is 6.29. The van der Waals surface area contributed by atoms with Crippen LogP contribution in [0.15, 0.2) is 41.8 Å². The number of carbonyl (C=O) groups excluding carboxylic acids is 2. The van der Waals surface area contributed by atoms with Crippen LogP contribution in [0.2, 0.25) is 0 Å². The molecule has 3 amide bonds. The number of benzene rings is 1. The number of amides is 3. The molecule has 0 unspecified atom stereocenters. The van der Waals surface area contributed by atoms with Crippen molar-refractivity contribution in [3.05, 3.63) is 46.7 Å². The molecule has 1 fully saturated rings. The fourth-order valence-electron chi connectivity index (χ4n) is 1.99. The third-order valence-electron chi connectivity index (χ3n) is 3.25. The zero-order chi connectivity index (χ0) is 15.4. The van der Waals surface area contributed by atoms with Crippen LogP contribution in [-0.4, -0.2) is 18.0 Å². The van der Waals surface area contributed by atoms with Gasteiger partial charge in [-0.1, -0.05) is 6.07 Å². The molecule has 1 heterocycles. The minimum atomic E-state index is -0.183. The predicted molar refractivity (Wildman–Crippen MR) is 88.3 cm³/mol. The summed E-state index contributed by atoms with van der Waals surface area (Å²) in [7, 11) is 0. The molecule has 1 saturated carbocycles. The molecule has 0 radical (unpaired) electrons. The SMILES string of the molecule is O=C(Cc1cccs1)Nc1ccc(NC(=O)NC2CC2)cc1. The Hall–Kier alpha value is -2.34. The summed E-state index contributed by atoms with van der Waals surface area (Å²) in [6.45, 7) is 0. The van der Waals surface area contributed by atoms with Gasteiger partial charge in [-0.15, -0.1) is 11.3 Å². The van der Waals surface area contributed by atoms with Crippen molar-refractivity contribution >= 4 is 34.6 Å². The monoisotopic (exact) mass is 315 g/mol. The van der Waals surface area contributed by atoms with Crippen molar-refractivity contribution in [1.82, 2.24) is 5.32 Å². The van der Waals surface area contributed by atoms with Crippen LogP contribution in [-0.2, 0) is 11.2 Å². The molecule has 0 bridgehead atoms. The Morgan fingerprint density at radius 1 is 1.05 bits per heavy atom. The van der Waals surface area contributed by atoms with E-state index in [1.165, 1.54) is 0 Å². The van der Waals surface area contributed by atoms with Crippen molar-refractivity contribution in [2.45, 2.75) is 25.3 Å². The summed E-state index contributed by atoms with van der Waals surface area (Å²) in [5.41, 5.74) is 1.42. The van der Waals surface area contributed by atoms with E-state index >= 15 is 0 Å². The van der Waals surface area contributed by atoms with Crippen LogP contribution in [0, 0.1) is 0 Å². The fourth-order valence-corrected chi connectivity index (χ4v) is 2.70. The number of nitrogens with one attached hydrogen (secondary N) is 3. The summed E-state index contributed by atoms with van der Waals surface area (Å²) in [5, 5.41) is 10.4. The Morgan fingerprint density at radius 2 is 1.73 bits per heavy atom. The molecule has 2 aromatic rings. The van der Waals surface area contributed by atoms with Gasteiger partial charge in [-0.3, -0.25) is 4.79 Å². The molecule has 1 aromatic heterocycles. The predicted octanol–water partition coefficient (Wildman–Crippen LogP) is 3.21. The molecular formula is C16H17N3O2S. The average Bonchev–Trinajstić information content (AvgIpc) is 3.14. The van der Waals surface area contributed by atoms with E-state index in [2.05, 4.69) is 16.0 Å². The molecule has 0 spiro atoms. The van der Waals surface area contributed by atoms with E-state index < -0.39 is 0 Å². The molecule has 1 aliphatic carbocycles. The van der Waals surface area contributed by atoms with Crippen LogP contribution in [0.4, 0.5) is 16.2 Å². The highest BCUT2D eigenvalue weighted by Crippen LogP contribution is 2.19. The van der Waals surface area contributed by atoms with Gasteiger partial charge in [0.25, 0.3) is 0 Å². The lowest BCUT2D eigenvalue weighted by Crippen LogP contribution is -2.30. The van der Waals surface area contributed by atoms with Crippen molar-refractivity contribution < 1.29 is 9.59 Å². The van der Waals surface area contributed by atoms with Gasteiger partial charge in [0.1, 0.15) is 0 Å². The van der Waals surface area contributed by atoms with Gasteiger partial charge in [-0.25, -0.2) is 4.79 Å². The van der Waals surface area contributed by atoms with Crippen LogP contribution in [0.3, 0.4) is 0 Å². The Bertz CT molecular complexity index is 649. The van der Waals surface area contributed by atoms with E-state index in [1.807, 2.05) is 17.5 Å². The van der Waals surface area contributed by atoms with E-state index in [9.17, 15) is 9.59 Å². The Labute approximate surface area is 132 Å². The summed E-state index contributed by atoms with van der Waals surface area (Å²) in [6, 6.07) is 11.1. The lowest BCUT2D eigenvalue weighted by molar-refractivity contribution is -0.115. The number of anilines is 2. The van der Waals surface area contributed by atoms with Gasteiger partial charge in [0.2, 0.25) is 5.91 Å². The maximum atomic E-state index is 11.9. The van der Waals surface area contributed by atoms with Crippen LogP contribution >= 0.6 is 11.3 Å². The summed E-state index contributed by atoms with van der Waals surface area (Å²) >= 11 is 1.57. The third-order valence-corrected chi connectivity index (χ3v) is 4.13. The lowest BCUT2D eigenvalue weighted by atomic mass is 10.2. The summed E-state index contributed by atoms with van der Waals surface area (Å²) in [4.78, 5) is 24.5. The molecule has 3 N–H and O–H groups in total. The van der Waals surface area contributed by atoms with Crippen molar-refractivity contribution in [2.75, 3.05) is 10.6 Å². The lowest BCUT2D eigenvalue weighted by Gasteiger charge is -2.08. The molecule has 3 rings (SSSR count). The maximum Gasteiger partial charge on any atom is 0.319 e. The molecule has 0 saturated heterocycles. The van der Waals surface area contributed by atoms with Gasteiger partial charge in [0.15, 0.2) is 0 Å². The van der Waals surface area contributed by atoms with Crippen molar-refractivity contribution in [1.29, 1.82) is 0 Å². The first-order valence-corrected chi connectivity index (χ1v) is 8.07. The minimum Gasteiger partial charge on any atom is -0.335 e. The maximum absolute atomic E-state index is 11.9. The van der Waals surface area contributed by atoms with Gasteiger partial charge in [-0.05, 0) is 48.6 Å². The van der Waals surface area contributed by atoms with Crippen molar-refractivity contribution in [3.8, 4) is 0 Å². The number of thiophene rings is 1. The first-order valence-electron chi connectivity index (χ1n) is 7.19. The first kappa shape index (κ1) is 14.6. The molecule has 5 nitrogen and oxygen atoms in total. The molecule has 0 aliphatic heterocycles. The number of hydrogen-bond donors (Lipinski definition) is 3.